The largest absolute Gasteiger partial charge is 0.481 e. The van der Waals surface area contributed by atoms with Gasteiger partial charge < -0.3 is 15.2 Å². The van der Waals surface area contributed by atoms with E-state index >= 15 is 0 Å². The van der Waals surface area contributed by atoms with E-state index in [4.69, 9.17) is 14.8 Å². The van der Waals surface area contributed by atoms with Crippen molar-refractivity contribution in [3.8, 4) is 0 Å². The fraction of sp³-hybridized carbons (Fsp3) is 0.227. The van der Waals surface area contributed by atoms with Crippen LogP contribution in [0.15, 0.2) is 71.2 Å². The summed E-state index contributed by atoms with van der Waals surface area (Å²) >= 11 is 1.32. The van der Waals surface area contributed by atoms with E-state index in [1.54, 1.807) is 6.92 Å². The highest BCUT2D eigenvalue weighted by molar-refractivity contribution is 8.13. The summed E-state index contributed by atoms with van der Waals surface area (Å²) < 4.78 is 5.34. The first-order valence-corrected chi connectivity index (χ1v) is 10.3. The summed E-state index contributed by atoms with van der Waals surface area (Å²) in [6.07, 6.45) is 0.0243. The molecule has 1 aliphatic rings. The molecule has 0 aliphatic carbocycles. The summed E-state index contributed by atoms with van der Waals surface area (Å²) in [6.45, 7) is 2.03. The molecule has 1 heterocycles. The standard InChI is InChI=1S/C22H22N2O4S/c1-2-28-21(27)18-19(15-9-5-3-6-10-15)23-22(29-14-13-17(25)26)24-20(18)16-11-7-4-8-12-16/h3-12,19H,2,13-14H2,1H3,(H,23,24)(H,25,26). The molecule has 2 aromatic carbocycles. The summed E-state index contributed by atoms with van der Waals surface area (Å²) in [7, 11) is 0. The number of benzene rings is 2. The lowest BCUT2D eigenvalue weighted by molar-refractivity contribution is -0.139. The van der Waals surface area contributed by atoms with Crippen LogP contribution >= 0.6 is 11.8 Å². The molecule has 0 aromatic heterocycles. The summed E-state index contributed by atoms with van der Waals surface area (Å²) in [5, 5.41) is 12.7. The maximum absolute atomic E-state index is 12.9. The summed E-state index contributed by atoms with van der Waals surface area (Å²) in [4.78, 5) is 28.5. The first-order chi connectivity index (χ1) is 14.1. The van der Waals surface area contributed by atoms with Gasteiger partial charge in [-0.3, -0.25) is 4.79 Å². The second kappa shape index (κ2) is 9.93. The molecule has 2 aromatic rings. The molecule has 29 heavy (non-hydrogen) atoms. The zero-order valence-electron chi connectivity index (χ0n) is 16.0. The van der Waals surface area contributed by atoms with Crippen molar-refractivity contribution in [2.24, 2.45) is 4.99 Å². The molecular weight excluding hydrogens is 388 g/mol. The highest BCUT2D eigenvalue weighted by Gasteiger charge is 2.32. The van der Waals surface area contributed by atoms with Crippen LogP contribution in [0.5, 0.6) is 0 Å². The van der Waals surface area contributed by atoms with Crippen LogP contribution in [-0.4, -0.2) is 34.6 Å². The monoisotopic (exact) mass is 410 g/mol. The number of rotatable bonds is 7. The number of hydrogen-bond acceptors (Lipinski definition) is 6. The Balaban J connectivity index is 2.07. The Morgan fingerprint density at radius 2 is 1.76 bits per heavy atom. The molecule has 7 heteroatoms. The molecule has 0 bridgehead atoms. The lowest BCUT2D eigenvalue weighted by Crippen LogP contribution is -2.31. The number of nitrogens with one attached hydrogen (secondary N) is 1. The van der Waals surface area contributed by atoms with E-state index in [2.05, 4.69) is 5.32 Å². The van der Waals surface area contributed by atoms with Gasteiger partial charge in [-0.25, -0.2) is 9.79 Å². The SMILES string of the molecule is CCOC(=O)C1=C(c2ccccc2)NC(SCCC(=O)O)=NC1c1ccccc1. The molecule has 1 aliphatic heterocycles. The lowest BCUT2D eigenvalue weighted by Gasteiger charge is -2.27. The molecule has 0 amide bonds. The molecule has 0 saturated heterocycles. The van der Waals surface area contributed by atoms with Crippen molar-refractivity contribution >= 4 is 34.6 Å². The molecular formula is C22H22N2O4S. The van der Waals surface area contributed by atoms with Crippen molar-refractivity contribution in [1.82, 2.24) is 5.32 Å². The number of aliphatic carboxylic acids is 1. The molecule has 0 radical (unpaired) electrons. The van der Waals surface area contributed by atoms with E-state index in [1.807, 2.05) is 60.7 Å². The van der Waals surface area contributed by atoms with Crippen molar-refractivity contribution in [3.05, 3.63) is 77.4 Å². The molecule has 0 saturated carbocycles. The van der Waals surface area contributed by atoms with Gasteiger partial charge in [0.2, 0.25) is 0 Å². The Hall–Kier alpha value is -3.06. The van der Waals surface area contributed by atoms with Crippen molar-refractivity contribution in [1.29, 1.82) is 0 Å². The van der Waals surface area contributed by atoms with Gasteiger partial charge in [-0.15, -0.1) is 0 Å². The van der Waals surface area contributed by atoms with Gasteiger partial charge in [0.1, 0.15) is 6.04 Å². The minimum absolute atomic E-state index is 0.0243. The number of ether oxygens (including phenoxy) is 1. The Kier molecular flexibility index (Phi) is 7.08. The van der Waals surface area contributed by atoms with Crippen LogP contribution in [0.4, 0.5) is 0 Å². The molecule has 1 atom stereocenters. The fourth-order valence-electron chi connectivity index (χ4n) is 2.96. The van der Waals surface area contributed by atoms with Crippen molar-refractivity contribution in [2.45, 2.75) is 19.4 Å². The number of esters is 1. The van der Waals surface area contributed by atoms with Gasteiger partial charge in [-0.1, -0.05) is 72.4 Å². The third-order valence-electron chi connectivity index (χ3n) is 4.25. The maximum atomic E-state index is 12.9. The number of carboxylic acids is 1. The second-order valence-electron chi connectivity index (χ2n) is 6.24. The number of carboxylic acid groups (broad SMARTS) is 1. The zero-order chi connectivity index (χ0) is 20.6. The number of nitrogens with zero attached hydrogens (tertiary/aromatic N) is 1. The zero-order valence-corrected chi connectivity index (χ0v) is 16.8. The van der Waals surface area contributed by atoms with E-state index in [1.165, 1.54) is 11.8 Å². The third-order valence-corrected chi connectivity index (χ3v) is 5.14. The smallest absolute Gasteiger partial charge is 0.338 e. The van der Waals surface area contributed by atoms with E-state index in [0.717, 1.165) is 11.1 Å². The van der Waals surface area contributed by atoms with E-state index in [0.29, 0.717) is 22.2 Å². The molecule has 3 rings (SSSR count). The molecule has 2 N–H and O–H groups in total. The normalized spacial score (nSPS) is 16.0. The Morgan fingerprint density at radius 1 is 1.10 bits per heavy atom. The second-order valence-corrected chi connectivity index (χ2v) is 7.32. The van der Waals surface area contributed by atoms with Gasteiger partial charge in [0, 0.05) is 5.75 Å². The third kappa shape index (κ3) is 5.26. The van der Waals surface area contributed by atoms with Crippen LogP contribution in [0.1, 0.15) is 30.5 Å². The fourth-order valence-corrected chi connectivity index (χ4v) is 3.79. The molecule has 1 unspecified atom stereocenters. The molecule has 6 nitrogen and oxygen atoms in total. The minimum atomic E-state index is -0.862. The Morgan fingerprint density at radius 3 is 2.38 bits per heavy atom. The van der Waals surface area contributed by atoms with Gasteiger partial charge >= 0.3 is 11.9 Å². The highest BCUT2D eigenvalue weighted by atomic mass is 32.2. The number of amidine groups is 1. The average Bonchev–Trinajstić information content (AvgIpc) is 2.74. The van der Waals surface area contributed by atoms with Crippen LogP contribution in [0.25, 0.3) is 5.70 Å². The Bertz CT molecular complexity index is 926. The van der Waals surface area contributed by atoms with Gasteiger partial charge in [0.25, 0.3) is 0 Å². The number of thioether (sulfide) groups is 1. The maximum Gasteiger partial charge on any atom is 0.338 e. The van der Waals surface area contributed by atoms with Gasteiger partial charge in [-0.2, -0.15) is 0 Å². The lowest BCUT2D eigenvalue weighted by atomic mass is 9.94. The number of carbonyl (C=O) groups is 2. The topological polar surface area (TPSA) is 88.0 Å². The summed E-state index contributed by atoms with van der Waals surface area (Å²) in [5.41, 5.74) is 2.77. The average molecular weight is 410 g/mol. The van der Waals surface area contributed by atoms with Crippen LogP contribution in [0.2, 0.25) is 0 Å². The Labute approximate surface area is 173 Å². The van der Waals surface area contributed by atoms with Crippen molar-refractivity contribution in [3.63, 3.8) is 0 Å². The van der Waals surface area contributed by atoms with Crippen molar-refractivity contribution < 1.29 is 19.4 Å². The van der Waals surface area contributed by atoms with Gasteiger partial charge in [-0.05, 0) is 18.1 Å². The molecule has 150 valence electrons. The molecule has 0 spiro atoms. The van der Waals surface area contributed by atoms with Crippen LogP contribution in [-0.2, 0) is 14.3 Å². The van der Waals surface area contributed by atoms with Crippen LogP contribution in [0.3, 0.4) is 0 Å². The number of carbonyl (C=O) groups excluding carboxylic acids is 1. The van der Waals surface area contributed by atoms with E-state index in [-0.39, 0.29) is 13.0 Å². The van der Waals surface area contributed by atoms with E-state index < -0.39 is 18.0 Å². The van der Waals surface area contributed by atoms with Gasteiger partial charge in [0.05, 0.1) is 24.3 Å². The summed E-state index contributed by atoms with van der Waals surface area (Å²) in [6, 6.07) is 18.5. The predicted molar refractivity (Wildman–Crippen MR) is 114 cm³/mol. The van der Waals surface area contributed by atoms with Crippen LogP contribution in [0, 0.1) is 0 Å². The van der Waals surface area contributed by atoms with Crippen molar-refractivity contribution in [2.75, 3.05) is 12.4 Å². The van der Waals surface area contributed by atoms with Gasteiger partial charge in [0.15, 0.2) is 5.17 Å². The van der Waals surface area contributed by atoms with Crippen LogP contribution < -0.4 is 5.32 Å². The first kappa shape index (κ1) is 20.7. The summed E-state index contributed by atoms with van der Waals surface area (Å²) in [5.74, 6) is -0.912. The predicted octanol–water partition coefficient (Wildman–Crippen LogP) is 3.87. The number of aliphatic imine (C=N–C) groups is 1. The highest BCUT2D eigenvalue weighted by Crippen LogP contribution is 2.36. The first-order valence-electron chi connectivity index (χ1n) is 9.31. The number of hydrogen-bond donors (Lipinski definition) is 2. The van der Waals surface area contributed by atoms with E-state index in [9.17, 15) is 9.59 Å². The minimum Gasteiger partial charge on any atom is -0.481 e. The molecule has 0 fully saturated rings. The quantitative estimate of drug-likeness (QED) is 0.674.